The average Bonchev–Trinajstić information content (AvgIpc) is 2.98. The highest BCUT2D eigenvalue weighted by atomic mass is 16.2. The number of anilines is 2. The lowest BCUT2D eigenvalue weighted by Gasteiger charge is -2.17. The molecule has 2 amide bonds. The van der Waals surface area contributed by atoms with Gasteiger partial charge in [0, 0.05) is 24.3 Å². The largest absolute Gasteiger partial charge is 0.326 e. The summed E-state index contributed by atoms with van der Waals surface area (Å²) in [4.78, 5) is 26.4. The monoisotopic (exact) mass is 308 g/mol. The van der Waals surface area contributed by atoms with Gasteiger partial charge in [0.2, 0.25) is 11.8 Å². The molecule has 1 atom stereocenters. The minimum atomic E-state index is -0.312. The Morgan fingerprint density at radius 1 is 1.13 bits per heavy atom. The van der Waals surface area contributed by atoms with E-state index in [1.165, 1.54) is 0 Å². The second-order valence-corrected chi connectivity index (χ2v) is 5.74. The normalized spacial score (nSPS) is 17.3. The van der Waals surface area contributed by atoms with E-state index in [2.05, 4.69) is 12.2 Å². The lowest BCUT2D eigenvalue weighted by molar-refractivity contribution is -0.122. The van der Waals surface area contributed by atoms with E-state index in [9.17, 15) is 9.59 Å². The standard InChI is InChI=1S/C19H20N2O2/c1-2-14-8-6-7-11-17(14)20-19(23)15-12-18(22)21(13-15)16-9-4-3-5-10-16/h3-11,15H,2,12-13H2,1H3,(H,20,23). The Kier molecular flexibility index (Phi) is 4.42. The van der Waals surface area contributed by atoms with Crippen LogP contribution >= 0.6 is 0 Å². The van der Waals surface area contributed by atoms with Crippen molar-refractivity contribution >= 4 is 23.2 Å². The smallest absolute Gasteiger partial charge is 0.229 e. The number of rotatable bonds is 4. The molecule has 4 nitrogen and oxygen atoms in total. The van der Waals surface area contributed by atoms with Gasteiger partial charge in [0.15, 0.2) is 0 Å². The summed E-state index contributed by atoms with van der Waals surface area (Å²) < 4.78 is 0. The molecule has 4 heteroatoms. The van der Waals surface area contributed by atoms with E-state index in [1.807, 2.05) is 54.6 Å². The van der Waals surface area contributed by atoms with Gasteiger partial charge in [-0.25, -0.2) is 0 Å². The molecule has 0 aliphatic carbocycles. The van der Waals surface area contributed by atoms with E-state index in [-0.39, 0.29) is 24.2 Å². The fraction of sp³-hybridized carbons (Fsp3) is 0.263. The van der Waals surface area contributed by atoms with Crippen LogP contribution in [-0.4, -0.2) is 18.4 Å². The predicted octanol–water partition coefficient (Wildman–Crippen LogP) is 3.24. The predicted molar refractivity (Wildman–Crippen MR) is 91.4 cm³/mol. The molecule has 3 rings (SSSR count). The highest BCUT2D eigenvalue weighted by Gasteiger charge is 2.35. The number of amides is 2. The third kappa shape index (κ3) is 3.26. The Bertz CT molecular complexity index is 712. The van der Waals surface area contributed by atoms with Crippen LogP contribution < -0.4 is 10.2 Å². The van der Waals surface area contributed by atoms with E-state index in [0.717, 1.165) is 23.4 Å². The van der Waals surface area contributed by atoms with Crippen LogP contribution in [0.25, 0.3) is 0 Å². The summed E-state index contributed by atoms with van der Waals surface area (Å²) in [6.45, 7) is 2.49. The van der Waals surface area contributed by atoms with Crippen LogP contribution in [0.1, 0.15) is 18.9 Å². The summed E-state index contributed by atoms with van der Waals surface area (Å²) in [5, 5.41) is 2.98. The maximum Gasteiger partial charge on any atom is 0.229 e. The van der Waals surface area contributed by atoms with Crippen LogP contribution in [-0.2, 0) is 16.0 Å². The van der Waals surface area contributed by atoms with Gasteiger partial charge in [0.25, 0.3) is 0 Å². The molecule has 0 bridgehead atoms. The molecule has 23 heavy (non-hydrogen) atoms. The second kappa shape index (κ2) is 6.65. The Labute approximate surface area is 136 Å². The summed E-state index contributed by atoms with van der Waals surface area (Å²) in [6.07, 6.45) is 1.12. The summed E-state index contributed by atoms with van der Waals surface area (Å²) in [6, 6.07) is 17.3. The van der Waals surface area contributed by atoms with Crippen molar-refractivity contribution < 1.29 is 9.59 Å². The van der Waals surface area contributed by atoms with Crippen molar-refractivity contribution in [3.05, 3.63) is 60.2 Å². The van der Waals surface area contributed by atoms with Crippen LogP contribution in [0.3, 0.4) is 0 Å². The van der Waals surface area contributed by atoms with Gasteiger partial charge in [0.1, 0.15) is 0 Å². The van der Waals surface area contributed by atoms with Crippen molar-refractivity contribution in [3.63, 3.8) is 0 Å². The van der Waals surface area contributed by atoms with Crippen LogP contribution in [0.15, 0.2) is 54.6 Å². The number of para-hydroxylation sites is 2. The van der Waals surface area contributed by atoms with Gasteiger partial charge < -0.3 is 10.2 Å². The van der Waals surface area contributed by atoms with E-state index in [1.54, 1.807) is 4.90 Å². The van der Waals surface area contributed by atoms with E-state index in [4.69, 9.17) is 0 Å². The zero-order valence-corrected chi connectivity index (χ0v) is 13.2. The molecule has 1 unspecified atom stereocenters. The quantitative estimate of drug-likeness (QED) is 0.942. The number of carbonyl (C=O) groups excluding carboxylic acids is 2. The first kappa shape index (κ1) is 15.3. The fourth-order valence-corrected chi connectivity index (χ4v) is 2.93. The SMILES string of the molecule is CCc1ccccc1NC(=O)C1CC(=O)N(c2ccccc2)C1. The summed E-state index contributed by atoms with van der Waals surface area (Å²) in [5.74, 6) is -0.398. The molecular formula is C19H20N2O2. The Hall–Kier alpha value is -2.62. The van der Waals surface area contributed by atoms with E-state index < -0.39 is 0 Å². The first-order valence-corrected chi connectivity index (χ1v) is 7.93. The van der Waals surface area contributed by atoms with Crippen molar-refractivity contribution in [2.45, 2.75) is 19.8 Å². The lowest BCUT2D eigenvalue weighted by atomic mass is 10.1. The van der Waals surface area contributed by atoms with Gasteiger partial charge in [-0.3, -0.25) is 9.59 Å². The van der Waals surface area contributed by atoms with Gasteiger partial charge in [-0.15, -0.1) is 0 Å². The van der Waals surface area contributed by atoms with Gasteiger partial charge in [-0.05, 0) is 30.2 Å². The molecule has 1 heterocycles. The molecular weight excluding hydrogens is 288 g/mol. The zero-order chi connectivity index (χ0) is 16.2. The van der Waals surface area contributed by atoms with Gasteiger partial charge in [-0.2, -0.15) is 0 Å². The fourth-order valence-electron chi connectivity index (χ4n) is 2.93. The summed E-state index contributed by atoms with van der Waals surface area (Å²) >= 11 is 0. The average molecular weight is 308 g/mol. The molecule has 2 aromatic rings. The number of benzene rings is 2. The highest BCUT2D eigenvalue weighted by molar-refractivity contribution is 6.03. The molecule has 2 aromatic carbocycles. The first-order chi connectivity index (χ1) is 11.2. The molecule has 1 fully saturated rings. The Morgan fingerprint density at radius 2 is 1.83 bits per heavy atom. The summed E-state index contributed by atoms with van der Waals surface area (Å²) in [5.41, 5.74) is 2.79. The van der Waals surface area contributed by atoms with Crippen LogP contribution in [0.4, 0.5) is 11.4 Å². The van der Waals surface area contributed by atoms with Crippen LogP contribution in [0.5, 0.6) is 0 Å². The number of carbonyl (C=O) groups is 2. The van der Waals surface area contributed by atoms with E-state index >= 15 is 0 Å². The molecule has 1 aliphatic rings. The molecule has 0 saturated carbocycles. The highest BCUT2D eigenvalue weighted by Crippen LogP contribution is 2.26. The van der Waals surface area contributed by atoms with E-state index in [0.29, 0.717) is 6.54 Å². The third-order valence-corrected chi connectivity index (χ3v) is 4.22. The molecule has 0 radical (unpaired) electrons. The third-order valence-electron chi connectivity index (χ3n) is 4.22. The Morgan fingerprint density at radius 3 is 2.57 bits per heavy atom. The van der Waals surface area contributed by atoms with Gasteiger partial charge >= 0.3 is 0 Å². The number of hydrogen-bond donors (Lipinski definition) is 1. The first-order valence-electron chi connectivity index (χ1n) is 7.93. The van der Waals surface area contributed by atoms with Crippen molar-refractivity contribution in [2.24, 2.45) is 5.92 Å². The van der Waals surface area contributed by atoms with Crippen molar-refractivity contribution in [1.29, 1.82) is 0 Å². The maximum atomic E-state index is 12.5. The minimum Gasteiger partial charge on any atom is -0.326 e. The number of aryl methyl sites for hydroxylation is 1. The van der Waals surface area contributed by atoms with Gasteiger partial charge in [-0.1, -0.05) is 43.3 Å². The molecule has 1 saturated heterocycles. The molecule has 0 aromatic heterocycles. The Balaban J connectivity index is 1.71. The van der Waals surface area contributed by atoms with Crippen molar-refractivity contribution in [2.75, 3.05) is 16.8 Å². The van der Waals surface area contributed by atoms with Crippen LogP contribution in [0.2, 0.25) is 0 Å². The number of hydrogen-bond acceptors (Lipinski definition) is 2. The van der Waals surface area contributed by atoms with Crippen molar-refractivity contribution in [1.82, 2.24) is 0 Å². The number of nitrogens with zero attached hydrogens (tertiary/aromatic N) is 1. The number of nitrogens with one attached hydrogen (secondary N) is 1. The lowest BCUT2D eigenvalue weighted by Crippen LogP contribution is -2.28. The minimum absolute atomic E-state index is 0.000117. The van der Waals surface area contributed by atoms with Crippen LogP contribution in [0, 0.1) is 5.92 Å². The molecule has 0 spiro atoms. The zero-order valence-electron chi connectivity index (χ0n) is 13.2. The molecule has 1 N–H and O–H groups in total. The second-order valence-electron chi connectivity index (χ2n) is 5.74. The van der Waals surface area contributed by atoms with Crippen molar-refractivity contribution in [3.8, 4) is 0 Å². The topological polar surface area (TPSA) is 49.4 Å². The molecule has 118 valence electrons. The summed E-state index contributed by atoms with van der Waals surface area (Å²) in [7, 11) is 0. The molecule has 1 aliphatic heterocycles. The maximum absolute atomic E-state index is 12.5. The van der Waals surface area contributed by atoms with Gasteiger partial charge in [0.05, 0.1) is 5.92 Å².